The first-order valence-electron chi connectivity index (χ1n) is 13.7. The van der Waals surface area contributed by atoms with Crippen LogP contribution in [0.5, 0.6) is 0 Å². The van der Waals surface area contributed by atoms with Gasteiger partial charge in [-0.05, 0) is 60.1 Å². The smallest absolute Gasteiger partial charge is 0.367 e. The molecule has 0 heterocycles. The molecule has 12 nitrogen and oxygen atoms in total. The molecule has 0 aliphatic heterocycles. The van der Waals surface area contributed by atoms with Crippen LogP contribution in [0.3, 0.4) is 0 Å². The minimum Gasteiger partial charge on any atom is -0.547 e. The second kappa shape index (κ2) is 16.4. The number of hydrogen-bond acceptors (Lipinski definition) is 10. The van der Waals surface area contributed by atoms with Crippen molar-refractivity contribution in [1.29, 1.82) is 0 Å². The number of methoxy groups -OCH3 is 2. The lowest BCUT2D eigenvalue weighted by Crippen LogP contribution is -2.75. The molecule has 6 atom stereocenters. The molecule has 0 bridgehead atoms. The van der Waals surface area contributed by atoms with Crippen LogP contribution in [0.4, 0.5) is 0 Å². The summed E-state index contributed by atoms with van der Waals surface area (Å²) in [4.78, 5) is 42.6. The second-order valence-electron chi connectivity index (χ2n) is 11.1. The maximum absolute atomic E-state index is 11.7. The van der Waals surface area contributed by atoms with E-state index in [1.807, 2.05) is 24.3 Å². The van der Waals surface area contributed by atoms with E-state index >= 15 is 0 Å². The molecule has 2 aliphatic carbocycles. The third-order valence-corrected chi connectivity index (χ3v) is 8.98. The van der Waals surface area contributed by atoms with Gasteiger partial charge in [0.2, 0.25) is 0 Å². The number of aliphatic carboxylic acids is 2. The van der Waals surface area contributed by atoms with Gasteiger partial charge >= 0.3 is 11.9 Å². The lowest BCUT2D eigenvalue weighted by Gasteiger charge is -2.18. The quantitative estimate of drug-likeness (QED) is 0.251. The zero-order chi connectivity index (χ0) is 33.2. The van der Waals surface area contributed by atoms with Crippen molar-refractivity contribution in [3.63, 3.8) is 0 Å². The molecule has 4 rings (SSSR count). The number of rotatable bonds is 7. The Balaban J connectivity index is 0.000000240. The number of hydrogen-bond donors (Lipinski definition) is 4. The predicted octanol–water partition coefficient (Wildman–Crippen LogP) is -1.05. The molecule has 242 valence electrons. The van der Waals surface area contributed by atoms with E-state index < -0.39 is 35.2 Å². The fourth-order valence-corrected chi connectivity index (χ4v) is 5.88. The first kappa shape index (κ1) is 37.3. The van der Waals surface area contributed by atoms with Gasteiger partial charge in [-0.15, -0.1) is 0 Å². The number of carboxylic acid groups (broad SMARTS) is 2. The van der Waals surface area contributed by atoms with Crippen molar-refractivity contribution in [2.45, 2.75) is 73.6 Å². The van der Waals surface area contributed by atoms with Crippen LogP contribution in [0.2, 0.25) is 0 Å². The number of carbonyl (C=O) groups excluding carboxylic acids is 4. The molecular weight excluding hydrogens is 708 g/mol. The normalized spacial score (nSPS) is 25.3. The van der Waals surface area contributed by atoms with Crippen molar-refractivity contribution in [2.75, 3.05) is 14.2 Å². The van der Waals surface area contributed by atoms with Crippen molar-refractivity contribution in [3.8, 4) is 0 Å². The maximum atomic E-state index is 11.7. The van der Waals surface area contributed by atoms with Crippen LogP contribution in [-0.2, 0) is 28.7 Å². The summed E-state index contributed by atoms with van der Waals surface area (Å²) in [6.45, 7) is 0. The Morgan fingerprint density at radius 1 is 0.727 bits per heavy atom. The van der Waals surface area contributed by atoms with Crippen LogP contribution in [0.1, 0.15) is 61.5 Å². The van der Waals surface area contributed by atoms with Crippen LogP contribution < -0.4 is 21.7 Å². The van der Waals surface area contributed by atoms with E-state index in [0.29, 0.717) is 11.8 Å². The van der Waals surface area contributed by atoms with Gasteiger partial charge in [-0.3, -0.25) is 0 Å². The number of carboxylic acids is 2. The van der Waals surface area contributed by atoms with Gasteiger partial charge in [-0.2, -0.15) is 0 Å². The van der Waals surface area contributed by atoms with Gasteiger partial charge in [0.25, 0.3) is 0 Å². The Hall–Kier alpha value is -2.88. The molecule has 8 N–H and O–H groups in total. The van der Waals surface area contributed by atoms with E-state index in [9.17, 15) is 29.4 Å². The van der Waals surface area contributed by atoms with Crippen LogP contribution in [-0.4, -0.2) is 71.6 Å². The van der Waals surface area contributed by atoms with Crippen molar-refractivity contribution in [2.24, 2.45) is 0 Å². The highest BCUT2D eigenvalue weighted by Gasteiger charge is 2.48. The molecule has 0 amide bonds. The van der Waals surface area contributed by atoms with E-state index in [1.165, 1.54) is 25.3 Å². The Morgan fingerprint density at radius 3 is 1.27 bits per heavy atom. The summed E-state index contributed by atoms with van der Waals surface area (Å²) < 4.78 is 11.8. The molecule has 2 saturated carbocycles. The molecule has 0 radical (unpaired) electrons. The standard InChI is InChI=1S/2C13H16BrNO2.C4H6O6/c2*1-17-12(16)13(15)7-6-10(8-13)9-2-4-11(14)5-3-9;5-1(3(7)8)2(6)4(9)10/h2*2-5,10H,6-8,15H2,1H3;1-2,5-6H,(H,7,8)(H,9,10)/t2*10-,13-;1-,2-/m111/s1. The van der Waals surface area contributed by atoms with Crippen LogP contribution in [0.25, 0.3) is 0 Å². The number of quaternary nitrogens is 2. The van der Waals surface area contributed by atoms with Gasteiger partial charge in [0.05, 0.1) is 26.2 Å². The molecule has 2 aromatic carbocycles. The summed E-state index contributed by atoms with van der Waals surface area (Å²) in [5.41, 5.74) is 9.56. The van der Waals surface area contributed by atoms with E-state index in [2.05, 4.69) is 67.6 Å². The third-order valence-electron chi connectivity index (χ3n) is 7.92. The molecule has 2 fully saturated rings. The number of carbonyl (C=O) groups is 4. The average Bonchev–Trinajstić information content (AvgIpc) is 3.61. The zero-order valence-corrected chi connectivity index (χ0v) is 27.7. The second-order valence-corrected chi connectivity index (χ2v) is 12.9. The number of esters is 2. The van der Waals surface area contributed by atoms with E-state index in [-0.39, 0.29) is 11.9 Å². The molecule has 2 aromatic rings. The SMILES string of the molecule is COC(=O)[C@@]1([NH3+])CC[C@@H](c2ccc(Br)cc2)C1.COC(=O)[C@@]1([NH3+])CC[C@@H](c2ccc(Br)cc2)C1.O=C([O-])[C@H](O)[C@@H](O)C(=O)[O-]. The van der Waals surface area contributed by atoms with Gasteiger partial charge in [0.1, 0.15) is 12.2 Å². The minimum atomic E-state index is -2.44. The highest BCUT2D eigenvalue weighted by molar-refractivity contribution is 9.10. The summed E-state index contributed by atoms with van der Waals surface area (Å²) in [5, 5.41) is 35.7. The summed E-state index contributed by atoms with van der Waals surface area (Å²) in [5.74, 6) is -3.65. The van der Waals surface area contributed by atoms with Crippen molar-refractivity contribution in [1.82, 2.24) is 0 Å². The van der Waals surface area contributed by atoms with Gasteiger partial charge in [-0.1, -0.05) is 56.1 Å². The molecule has 14 heteroatoms. The predicted molar refractivity (Wildman–Crippen MR) is 159 cm³/mol. The Morgan fingerprint density at radius 2 is 1.02 bits per heavy atom. The number of aliphatic hydroxyl groups excluding tert-OH is 2. The molecule has 2 aliphatic rings. The summed E-state index contributed by atoms with van der Waals surface area (Å²) in [6, 6.07) is 16.6. The van der Waals surface area contributed by atoms with Gasteiger partial charge in [0, 0.05) is 34.6 Å². The Bertz CT molecular complexity index is 1190. The fourth-order valence-electron chi connectivity index (χ4n) is 5.35. The molecule has 0 spiro atoms. The summed E-state index contributed by atoms with van der Waals surface area (Å²) >= 11 is 6.85. The van der Waals surface area contributed by atoms with Gasteiger partial charge in [-0.25, -0.2) is 9.59 Å². The lowest BCUT2D eigenvalue weighted by molar-refractivity contribution is -0.460. The lowest BCUT2D eigenvalue weighted by atomic mass is 9.93. The third kappa shape index (κ3) is 10.1. The first-order chi connectivity index (χ1) is 20.6. The zero-order valence-electron chi connectivity index (χ0n) is 24.5. The Kier molecular flexibility index (Phi) is 13.9. The van der Waals surface area contributed by atoms with Crippen molar-refractivity contribution < 1.29 is 60.5 Å². The molecule has 0 unspecified atom stereocenters. The number of halogens is 2. The monoisotopic (exact) mass is 744 g/mol. The summed E-state index contributed by atoms with van der Waals surface area (Å²) in [7, 11) is 2.87. The molecule has 0 aromatic heterocycles. The van der Waals surface area contributed by atoms with E-state index in [0.717, 1.165) is 47.5 Å². The fraction of sp³-hybridized carbons (Fsp3) is 0.467. The maximum Gasteiger partial charge on any atom is 0.367 e. The van der Waals surface area contributed by atoms with Crippen molar-refractivity contribution >= 4 is 55.7 Å². The van der Waals surface area contributed by atoms with Gasteiger partial charge in [0.15, 0.2) is 11.1 Å². The highest BCUT2D eigenvalue weighted by Crippen LogP contribution is 2.40. The largest absolute Gasteiger partial charge is 0.547 e. The number of aliphatic hydroxyl groups is 2. The number of benzene rings is 2. The van der Waals surface area contributed by atoms with Crippen molar-refractivity contribution in [3.05, 3.63) is 68.6 Å². The number of ether oxygens (including phenoxy) is 2. The minimum absolute atomic E-state index is 0.183. The van der Waals surface area contributed by atoms with E-state index in [4.69, 9.17) is 19.7 Å². The highest BCUT2D eigenvalue weighted by atomic mass is 79.9. The van der Waals surface area contributed by atoms with Gasteiger partial charge < -0.3 is 51.0 Å². The topological polar surface area (TPSA) is 229 Å². The van der Waals surface area contributed by atoms with Crippen LogP contribution >= 0.6 is 31.9 Å². The van der Waals surface area contributed by atoms with E-state index in [1.54, 1.807) is 0 Å². The van der Waals surface area contributed by atoms with Crippen LogP contribution in [0, 0.1) is 0 Å². The van der Waals surface area contributed by atoms with Crippen LogP contribution in [0.15, 0.2) is 57.5 Å². The first-order valence-corrected chi connectivity index (χ1v) is 15.3. The molecule has 44 heavy (non-hydrogen) atoms. The Labute approximate surface area is 272 Å². The molecule has 0 saturated heterocycles. The summed E-state index contributed by atoms with van der Waals surface area (Å²) in [6.07, 6.45) is 0.291. The average molecular weight is 746 g/mol. The molecular formula is C30H38Br2N2O10.